The smallest absolute Gasteiger partial charge is 0.251 e. The molecule has 0 bridgehead atoms. The summed E-state index contributed by atoms with van der Waals surface area (Å²) in [5.41, 5.74) is 2.35. The summed E-state index contributed by atoms with van der Waals surface area (Å²) in [6, 6.07) is 13.0. The molecule has 1 aliphatic rings. The molecule has 132 valence electrons. The maximum Gasteiger partial charge on any atom is 0.251 e. The number of hydrogen-bond acceptors (Lipinski definition) is 4. The van der Waals surface area contributed by atoms with Crippen molar-refractivity contribution in [3.05, 3.63) is 65.6 Å². The van der Waals surface area contributed by atoms with E-state index in [-0.39, 0.29) is 11.8 Å². The maximum absolute atomic E-state index is 12.4. The third-order valence-electron chi connectivity index (χ3n) is 4.55. The van der Waals surface area contributed by atoms with Gasteiger partial charge in [-0.1, -0.05) is 18.2 Å². The van der Waals surface area contributed by atoms with Crippen LogP contribution in [-0.4, -0.2) is 37.9 Å². The molecule has 2 aromatic heterocycles. The average Bonchev–Trinajstić information content (AvgIpc) is 3.27. The van der Waals surface area contributed by atoms with Gasteiger partial charge in [-0.3, -0.25) is 14.0 Å². The quantitative estimate of drug-likeness (QED) is 0.761. The number of nitrogens with zero attached hydrogens (tertiary/aromatic N) is 4. The third kappa shape index (κ3) is 3.28. The molecule has 2 amide bonds. The normalized spacial score (nSPS) is 14.2. The monoisotopic (exact) mass is 349 g/mol. The minimum absolute atomic E-state index is 0.165. The Morgan fingerprint density at radius 3 is 2.73 bits per heavy atom. The minimum Gasteiger partial charge on any atom is -0.345 e. The first-order valence-electron chi connectivity index (χ1n) is 8.64. The van der Waals surface area contributed by atoms with Crippen molar-refractivity contribution in [1.29, 1.82) is 0 Å². The van der Waals surface area contributed by atoms with Gasteiger partial charge < -0.3 is 10.2 Å². The summed E-state index contributed by atoms with van der Waals surface area (Å²) < 4.78 is 1.84. The summed E-state index contributed by atoms with van der Waals surface area (Å²) >= 11 is 0. The van der Waals surface area contributed by atoms with E-state index < -0.39 is 0 Å². The number of carbonyl (C=O) groups excluding carboxylic acids is 2. The second-order valence-corrected chi connectivity index (χ2v) is 6.34. The van der Waals surface area contributed by atoms with Crippen LogP contribution in [0.2, 0.25) is 0 Å². The lowest BCUT2D eigenvalue weighted by atomic mass is 10.1. The van der Waals surface area contributed by atoms with Gasteiger partial charge >= 0.3 is 0 Å². The van der Waals surface area contributed by atoms with Crippen molar-refractivity contribution in [2.75, 3.05) is 6.54 Å². The molecule has 0 saturated carbocycles. The molecule has 0 atom stereocenters. The molecule has 0 radical (unpaired) electrons. The van der Waals surface area contributed by atoms with E-state index in [1.165, 1.54) is 0 Å². The Kier molecular flexibility index (Phi) is 4.35. The van der Waals surface area contributed by atoms with E-state index >= 15 is 0 Å². The Labute approximate surface area is 150 Å². The van der Waals surface area contributed by atoms with E-state index in [4.69, 9.17) is 0 Å². The second kappa shape index (κ2) is 6.95. The summed E-state index contributed by atoms with van der Waals surface area (Å²) in [5.74, 6) is 0.715. The molecule has 3 heterocycles. The number of pyridine rings is 1. The Hall–Kier alpha value is -3.22. The van der Waals surface area contributed by atoms with Crippen LogP contribution >= 0.6 is 0 Å². The van der Waals surface area contributed by atoms with Gasteiger partial charge in [0.1, 0.15) is 0 Å². The summed E-state index contributed by atoms with van der Waals surface area (Å²) in [4.78, 5) is 25.9. The van der Waals surface area contributed by atoms with Crippen molar-refractivity contribution < 1.29 is 9.59 Å². The van der Waals surface area contributed by atoms with Gasteiger partial charge in [0.25, 0.3) is 5.91 Å². The van der Waals surface area contributed by atoms with Gasteiger partial charge in [0, 0.05) is 31.3 Å². The molecule has 1 aliphatic heterocycles. The Morgan fingerprint density at radius 1 is 1.12 bits per heavy atom. The van der Waals surface area contributed by atoms with E-state index in [2.05, 4.69) is 15.5 Å². The van der Waals surface area contributed by atoms with Crippen molar-refractivity contribution in [3.8, 4) is 0 Å². The van der Waals surface area contributed by atoms with Gasteiger partial charge in [0.05, 0.1) is 6.54 Å². The van der Waals surface area contributed by atoms with E-state index in [1.807, 2.05) is 45.8 Å². The highest BCUT2D eigenvalue weighted by molar-refractivity contribution is 5.94. The lowest BCUT2D eigenvalue weighted by Gasteiger charge is -2.15. The summed E-state index contributed by atoms with van der Waals surface area (Å²) in [6.45, 7) is 1.72. The molecule has 26 heavy (non-hydrogen) atoms. The SMILES string of the molecule is O=C(NCc1nnc2ccccn12)c1ccc(CN2CCCC2=O)cc1. The number of carbonyl (C=O) groups is 2. The van der Waals surface area contributed by atoms with Crippen LogP contribution in [0, 0.1) is 0 Å². The fourth-order valence-corrected chi connectivity index (χ4v) is 3.13. The number of nitrogens with one attached hydrogen (secondary N) is 1. The van der Waals surface area contributed by atoms with Gasteiger partial charge in [0.15, 0.2) is 11.5 Å². The van der Waals surface area contributed by atoms with E-state index in [1.54, 1.807) is 12.1 Å². The van der Waals surface area contributed by atoms with Crippen LogP contribution in [0.4, 0.5) is 0 Å². The topological polar surface area (TPSA) is 79.6 Å². The summed E-state index contributed by atoms with van der Waals surface area (Å²) in [7, 11) is 0. The van der Waals surface area contributed by atoms with Gasteiger partial charge in [-0.25, -0.2) is 0 Å². The molecule has 1 N–H and O–H groups in total. The molecule has 1 aromatic carbocycles. The van der Waals surface area contributed by atoms with Crippen LogP contribution in [0.1, 0.15) is 34.6 Å². The molecule has 1 saturated heterocycles. The first-order valence-corrected chi connectivity index (χ1v) is 8.64. The first kappa shape index (κ1) is 16.3. The number of rotatable bonds is 5. The van der Waals surface area contributed by atoms with Crippen LogP contribution in [0.3, 0.4) is 0 Å². The fourth-order valence-electron chi connectivity index (χ4n) is 3.13. The molecule has 7 heteroatoms. The third-order valence-corrected chi connectivity index (χ3v) is 4.55. The summed E-state index contributed by atoms with van der Waals surface area (Å²) in [5, 5.41) is 11.0. The maximum atomic E-state index is 12.4. The second-order valence-electron chi connectivity index (χ2n) is 6.34. The first-order chi connectivity index (χ1) is 12.7. The van der Waals surface area contributed by atoms with Crippen LogP contribution in [0.25, 0.3) is 5.65 Å². The van der Waals surface area contributed by atoms with Gasteiger partial charge in [-0.2, -0.15) is 0 Å². The van der Waals surface area contributed by atoms with E-state index in [9.17, 15) is 9.59 Å². The van der Waals surface area contributed by atoms with Crippen molar-refractivity contribution in [2.24, 2.45) is 0 Å². The van der Waals surface area contributed by atoms with Gasteiger partial charge in [0.2, 0.25) is 5.91 Å². The van der Waals surface area contributed by atoms with Crippen LogP contribution in [0.5, 0.6) is 0 Å². The lowest BCUT2D eigenvalue weighted by molar-refractivity contribution is -0.128. The molecular weight excluding hydrogens is 330 g/mol. The largest absolute Gasteiger partial charge is 0.345 e. The number of likely N-dealkylation sites (tertiary alicyclic amines) is 1. The number of hydrogen-bond donors (Lipinski definition) is 1. The molecule has 3 aromatic rings. The lowest BCUT2D eigenvalue weighted by Crippen LogP contribution is -2.25. The number of benzene rings is 1. The highest BCUT2D eigenvalue weighted by Gasteiger charge is 2.20. The van der Waals surface area contributed by atoms with Gasteiger partial charge in [-0.15, -0.1) is 10.2 Å². The van der Waals surface area contributed by atoms with Crippen molar-refractivity contribution in [1.82, 2.24) is 24.8 Å². The zero-order chi connectivity index (χ0) is 17.9. The van der Waals surface area contributed by atoms with E-state index in [0.29, 0.717) is 30.9 Å². The van der Waals surface area contributed by atoms with E-state index in [0.717, 1.165) is 24.2 Å². The highest BCUT2D eigenvalue weighted by atomic mass is 16.2. The Balaban J connectivity index is 1.38. The molecule has 7 nitrogen and oxygen atoms in total. The predicted octanol–water partition coefficient (Wildman–Crippen LogP) is 1.78. The predicted molar refractivity (Wildman–Crippen MR) is 95.3 cm³/mol. The molecular formula is C19H19N5O2. The van der Waals surface area contributed by atoms with Gasteiger partial charge in [-0.05, 0) is 36.2 Å². The molecule has 4 rings (SSSR count). The zero-order valence-electron chi connectivity index (χ0n) is 14.3. The Bertz CT molecular complexity index is 948. The van der Waals surface area contributed by atoms with Crippen molar-refractivity contribution >= 4 is 17.5 Å². The van der Waals surface area contributed by atoms with Crippen LogP contribution in [-0.2, 0) is 17.9 Å². The zero-order valence-corrected chi connectivity index (χ0v) is 14.3. The molecule has 0 aliphatic carbocycles. The number of amides is 2. The molecule has 0 unspecified atom stereocenters. The van der Waals surface area contributed by atoms with Crippen LogP contribution < -0.4 is 5.32 Å². The highest BCUT2D eigenvalue weighted by Crippen LogP contribution is 2.15. The minimum atomic E-state index is -0.165. The fraction of sp³-hybridized carbons (Fsp3) is 0.263. The molecule has 1 fully saturated rings. The Morgan fingerprint density at radius 2 is 1.96 bits per heavy atom. The van der Waals surface area contributed by atoms with Crippen LogP contribution in [0.15, 0.2) is 48.7 Å². The number of aromatic nitrogens is 3. The molecule has 0 spiro atoms. The summed E-state index contributed by atoms with van der Waals surface area (Å²) in [6.07, 6.45) is 3.43. The van der Waals surface area contributed by atoms with Crippen molar-refractivity contribution in [2.45, 2.75) is 25.9 Å². The van der Waals surface area contributed by atoms with Crippen molar-refractivity contribution in [3.63, 3.8) is 0 Å². The average molecular weight is 349 g/mol. The standard InChI is InChI=1S/C19H19N5O2/c25-18-5-3-10-23(18)13-14-6-8-15(9-7-14)19(26)20-12-17-22-21-16-4-1-2-11-24(16)17/h1-2,4,6-9,11H,3,5,10,12-13H2,(H,20,26). The number of fused-ring (bicyclic) bond motifs is 1.